The average molecular weight is 573 g/mol. The number of nitrogens with zero attached hydrogens (tertiary/aromatic N) is 3. The summed E-state index contributed by atoms with van der Waals surface area (Å²) in [7, 11) is 3.19. The topological polar surface area (TPSA) is 121 Å². The number of aromatic amines is 1. The first-order valence-electron chi connectivity index (χ1n) is 13.3. The molecule has 1 aliphatic rings. The van der Waals surface area contributed by atoms with Gasteiger partial charge in [0.2, 0.25) is 0 Å². The molecule has 0 amide bonds. The third-order valence-electron chi connectivity index (χ3n) is 7.57. The number of aliphatic hydroxyl groups is 1. The summed E-state index contributed by atoms with van der Waals surface area (Å²) < 4.78 is 40.5. The largest absolute Gasteiger partial charge is 0.497 e. The van der Waals surface area contributed by atoms with Gasteiger partial charge in [-0.3, -0.25) is 9.36 Å². The summed E-state index contributed by atoms with van der Waals surface area (Å²) >= 11 is 0. The Morgan fingerprint density at radius 3 is 2.12 bits per heavy atom. The molecule has 0 aliphatic carbocycles. The van der Waals surface area contributed by atoms with Gasteiger partial charge in [-0.25, -0.2) is 14.4 Å². The van der Waals surface area contributed by atoms with Crippen molar-refractivity contribution in [3.8, 4) is 11.5 Å². The van der Waals surface area contributed by atoms with Crippen molar-refractivity contribution in [1.82, 2.24) is 19.5 Å². The number of hydrogen-bond acceptors (Lipinski definition) is 8. The van der Waals surface area contributed by atoms with Crippen LogP contribution in [-0.4, -0.2) is 63.8 Å². The van der Waals surface area contributed by atoms with Crippen molar-refractivity contribution in [3.05, 3.63) is 119 Å². The average Bonchev–Trinajstić information content (AvgIpc) is 3.59. The Kier molecular flexibility index (Phi) is 7.46. The summed E-state index contributed by atoms with van der Waals surface area (Å²) in [5.41, 5.74) is 0.932. The molecular formula is C31H29FN4O6. The minimum Gasteiger partial charge on any atom is -0.497 e. The van der Waals surface area contributed by atoms with Crippen LogP contribution < -0.4 is 15.0 Å². The molecule has 1 saturated heterocycles. The third-order valence-corrected chi connectivity index (χ3v) is 7.57. The van der Waals surface area contributed by atoms with Crippen molar-refractivity contribution in [1.29, 1.82) is 0 Å². The highest BCUT2D eigenvalue weighted by Crippen LogP contribution is 2.43. The number of aromatic nitrogens is 4. The smallest absolute Gasteiger partial charge is 0.278 e. The van der Waals surface area contributed by atoms with Crippen molar-refractivity contribution in [2.75, 3.05) is 20.8 Å². The van der Waals surface area contributed by atoms with Gasteiger partial charge in [-0.15, -0.1) is 0 Å². The normalized spacial score (nSPS) is 20.6. The number of H-pyrrole nitrogens is 1. The quantitative estimate of drug-likeness (QED) is 0.256. The fourth-order valence-electron chi connectivity index (χ4n) is 5.40. The number of benzene rings is 3. The highest BCUT2D eigenvalue weighted by Gasteiger charge is 2.48. The summed E-state index contributed by atoms with van der Waals surface area (Å²) in [5.74, 6) is 1.35. The second-order valence-electron chi connectivity index (χ2n) is 9.87. The summed E-state index contributed by atoms with van der Waals surface area (Å²) in [6, 6.07) is 24.6. The molecule has 10 nitrogen and oxygen atoms in total. The summed E-state index contributed by atoms with van der Waals surface area (Å²) in [4.78, 5) is 22.8. The first kappa shape index (κ1) is 27.6. The predicted molar refractivity (Wildman–Crippen MR) is 151 cm³/mol. The maximum absolute atomic E-state index is 15.6. The van der Waals surface area contributed by atoms with Crippen LogP contribution in [-0.2, 0) is 15.1 Å². The molecule has 0 bridgehead atoms. The lowest BCUT2D eigenvalue weighted by molar-refractivity contribution is -0.0935. The maximum atomic E-state index is 15.6. The molecule has 0 radical (unpaired) electrons. The number of rotatable bonds is 9. The van der Waals surface area contributed by atoms with Crippen LogP contribution in [0.1, 0.15) is 22.9 Å². The minimum absolute atomic E-state index is 0.0459. The Morgan fingerprint density at radius 2 is 1.52 bits per heavy atom. The molecule has 3 heterocycles. The minimum atomic E-state index is -1.83. The van der Waals surface area contributed by atoms with Gasteiger partial charge >= 0.3 is 0 Å². The number of ether oxygens (including phenoxy) is 4. The summed E-state index contributed by atoms with van der Waals surface area (Å²) in [6.45, 7) is -0.175. The van der Waals surface area contributed by atoms with Crippen LogP contribution in [0.2, 0.25) is 0 Å². The Hall–Kier alpha value is -4.58. The molecule has 0 unspecified atom stereocenters. The molecule has 216 valence electrons. The monoisotopic (exact) mass is 572 g/mol. The van der Waals surface area contributed by atoms with Crippen molar-refractivity contribution < 1.29 is 28.4 Å². The first-order valence-corrected chi connectivity index (χ1v) is 13.3. The molecular weight excluding hydrogens is 543 g/mol. The molecule has 3 aromatic carbocycles. The van der Waals surface area contributed by atoms with E-state index in [1.807, 2.05) is 78.9 Å². The maximum Gasteiger partial charge on any atom is 0.278 e. The molecule has 0 saturated carbocycles. The Bertz CT molecular complexity index is 1660. The van der Waals surface area contributed by atoms with Crippen molar-refractivity contribution in [3.63, 3.8) is 0 Å². The number of halogens is 1. The van der Waals surface area contributed by atoms with Crippen LogP contribution in [0.5, 0.6) is 11.5 Å². The van der Waals surface area contributed by atoms with Crippen LogP contribution in [0.4, 0.5) is 4.39 Å². The van der Waals surface area contributed by atoms with Gasteiger partial charge in [0.15, 0.2) is 23.6 Å². The zero-order valence-corrected chi connectivity index (χ0v) is 22.9. The zero-order valence-electron chi connectivity index (χ0n) is 22.9. The van der Waals surface area contributed by atoms with Crippen molar-refractivity contribution in [2.45, 2.75) is 30.2 Å². The second-order valence-corrected chi connectivity index (χ2v) is 9.87. The number of aliphatic hydroxyl groups excluding tert-OH is 1. The molecule has 1 fully saturated rings. The molecule has 6 rings (SSSR count). The van der Waals surface area contributed by atoms with E-state index < -0.39 is 35.8 Å². The Balaban J connectivity index is 1.39. The van der Waals surface area contributed by atoms with Gasteiger partial charge in [-0.2, -0.15) is 0 Å². The van der Waals surface area contributed by atoms with Crippen LogP contribution >= 0.6 is 0 Å². The number of fused-ring (bicyclic) bond motifs is 1. The van der Waals surface area contributed by atoms with Gasteiger partial charge in [0.05, 0.1) is 33.5 Å². The first-order chi connectivity index (χ1) is 20.5. The molecule has 42 heavy (non-hydrogen) atoms. The third kappa shape index (κ3) is 4.71. The second kappa shape index (κ2) is 11.4. The van der Waals surface area contributed by atoms with Crippen LogP contribution in [0.3, 0.4) is 0 Å². The number of nitrogens with one attached hydrogen (secondary N) is 1. The van der Waals surface area contributed by atoms with Crippen LogP contribution in [0.25, 0.3) is 11.2 Å². The lowest BCUT2D eigenvalue weighted by Gasteiger charge is -2.37. The van der Waals surface area contributed by atoms with Crippen LogP contribution in [0.15, 0.2) is 96.3 Å². The summed E-state index contributed by atoms with van der Waals surface area (Å²) in [5, 5.41) is 11.0. The number of alkyl halides is 1. The SMILES string of the molecule is COc1ccc(C(OC[C@H]2O[C@@H](n3cnc4c(=O)[nH]cnc43)[C@H](F)[C@@H]2O)(c2ccccc2)c2ccc(OC)cc2)cc1. The van der Waals surface area contributed by atoms with Crippen molar-refractivity contribution >= 4 is 11.2 Å². The van der Waals surface area contributed by atoms with E-state index in [0.29, 0.717) is 11.5 Å². The Morgan fingerprint density at radius 1 is 0.929 bits per heavy atom. The predicted octanol–water partition coefficient (Wildman–Crippen LogP) is 3.74. The highest BCUT2D eigenvalue weighted by atomic mass is 19.1. The lowest BCUT2D eigenvalue weighted by Crippen LogP contribution is -2.39. The lowest BCUT2D eigenvalue weighted by atomic mass is 9.80. The van der Waals surface area contributed by atoms with Crippen LogP contribution in [0, 0.1) is 0 Å². The molecule has 4 atom stereocenters. The molecule has 2 aromatic heterocycles. The standard InChI is InChI=1S/C31H29FN4O6/c1-39-22-12-8-20(9-13-22)31(19-6-4-3-5-7-19,21-10-14-23(40-2)15-11-21)41-16-24-27(37)25(32)30(42-24)36-18-35-26-28(36)33-17-34-29(26)38/h3-15,17-18,24-25,27,30,37H,16H2,1-2H3,(H,33,34,38)/t24-,25-,27-,30-/m1/s1. The highest BCUT2D eigenvalue weighted by molar-refractivity contribution is 5.68. The van der Waals surface area contributed by atoms with E-state index in [4.69, 9.17) is 18.9 Å². The molecule has 5 aromatic rings. The Labute approximate surface area is 240 Å². The zero-order chi connectivity index (χ0) is 29.3. The van der Waals surface area contributed by atoms with E-state index in [1.54, 1.807) is 14.2 Å². The van der Waals surface area contributed by atoms with E-state index in [0.717, 1.165) is 16.7 Å². The number of imidazole rings is 1. The van der Waals surface area contributed by atoms with E-state index in [2.05, 4.69) is 15.0 Å². The molecule has 0 spiro atoms. The van der Waals surface area contributed by atoms with Crippen molar-refractivity contribution in [2.24, 2.45) is 0 Å². The van der Waals surface area contributed by atoms with Gasteiger partial charge in [-0.1, -0.05) is 54.6 Å². The molecule has 2 N–H and O–H groups in total. The summed E-state index contributed by atoms with van der Waals surface area (Å²) in [6.07, 6.45) is -3.17. The van der Waals surface area contributed by atoms with Gasteiger partial charge in [-0.05, 0) is 41.0 Å². The molecule has 11 heteroatoms. The number of methoxy groups -OCH3 is 2. The van der Waals surface area contributed by atoms with Gasteiger partial charge in [0, 0.05) is 0 Å². The van der Waals surface area contributed by atoms with Gasteiger partial charge in [0.1, 0.15) is 29.3 Å². The molecule has 1 aliphatic heterocycles. The van der Waals surface area contributed by atoms with Gasteiger partial charge < -0.3 is 29.0 Å². The van der Waals surface area contributed by atoms with Gasteiger partial charge in [0.25, 0.3) is 5.56 Å². The van der Waals surface area contributed by atoms with E-state index >= 15 is 4.39 Å². The fourth-order valence-corrected chi connectivity index (χ4v) is 5.40. The van der Waals surface area contributed by atoms with E-state index in [-0.39, 0.29) is 17.8 Å². The van der Waals surface area contributed by atoms with E-state index in [1.165, 1.54) is 17.2 Å². The van der Waals surface area contributed by atoms with E-state index in [9.17, 15) is 9.90 Å². The fraction of sp³-hybridized carbons (Fsp3) is 0.258. The number of hydrogen-bond donors (Lipinski definition) is 2.